The van der Waals surface area contributed by atoms with Crippen LogP contribution in [0.4, 0.5) is 0 Å². The van der Waals surface area contributed by atoms with Crippen molar-refractivity contribution in [1.82, 2.24) is 0 Å². The zero-order chi connectivity index (χ0) is 10.0. The Morgan fingerprint density at radius 3 is 2.69 bits per heavy atom. The average Bonchev–Trinajstić information content (AvgIpc) is 2.09. The third-order valence-electron chi connectivity index (χ3n) is 2.92. The lowest BCUT2D eigenvalue weighted by molar-refractivity contribution is 0.172. The maximum absolute atomic E-state index is 9.75. The molecule has 1 rings (SSSR count). The summed E-state index contributed by atoms with van der Waals surface area (Å²) in [6, 6.07) is 0. The van der Waals surface area contributed by atoms with Gasteiger partial charge in [-0.3, -0.25) is 0 Å². The van der Waals surface area contributed by atoms with E-state index in [1.54, 1.807) is 0 Å². The lowest BCUT2D eigenvalue weighted by Crippen LogP contribution is -2.22. The first-order valence-corrected chi connectivity index (χ1v) is 4.71. The molecule has 0 aromatic heterocycles. The Balaban J connectivity index is 2.88. The van der Waals surface area contributed by atoms with Gasteiger partial charge in [0.2, 0.25) is 0 Å². The van der Waals surface area contributed by atoms with Crippen LogP contribution in [0.15, 0.2) is 36.0 Å². The van der Waals surface area contributed by atoms with Gasteiger partial charge in [0.15, 0.2) is 0 Å². The van der Waals surface area contributed by atoms with Crippen molar-refractivity contribution < 1.29 is 5.11 Å². The minimum absolute atomic E-state index is 0.302. The summed E-state index contributed by atoms with van der Waals surface area (Å²) in [5.41, 5.74) is 3.42. The summed E-state index contributed by atoms with van der Waals surface area (Å²) in [5, 5.41) is 9.75. The third-order valence-corrected chi connectivity index (χ3v) is 2.92. The van der Waals surface area contributed by atoms with Crippen LogP contribution < -0.4 is 0 Å². The van der Waals surface area contributed by atoms with Crippen LogP contribution in [-0.4, -0.2) is 11.2 Å². The van der Waals surface area contributed by atoms with Crippen LogP contribution >= 0.6 is 0 Å². The highest BCUT2D eigenvalue weighted by atomic mass is 16.3. The van der Waals surface area contributed by atoms with Crippen molar-refractivity contribution in [2.45, 2.75) is 32.8 Å². The lowest BCUT2D eigenvalue weighted by Gasteiger charge is -2.28. The second-order valence-electron chi connectivity index (χ2n) is 3.91. The molecule has 2 atom stereocenters. The molecular weight excluding hydrogens is 160 g/mol. The number of aliphatic hydroxyl groups is 1. The van der Waals surface area contributed by atoms with Crippen molar-refractivity contribution in [2.75, 3.05) is 0 Å². The summed E-state index contributed by atoms with van der Waals surface area (Å²) in [7, 11) is 0. The molecule has 0 spiro atoms. The minimum atomic E-state index is -0.302. The molecule has 0 fully saturated rings. The van der Waals surface area contributed by atoms with E-state index >= 15 is 0 Å². The molecule has 0 saturated heterocycles. The maximum atomic E-state index is 9.75. The maximum Gasteiger partial charge on any atom is 0.0758 e. The SMILES string of the molecule is C=CC1=C(C)[C@H](O)C[C@@H](C(=C)C)C1. The van der Waals surface area contributed by atoms with Crippen molar-refractivity contribution in [3.8, 4) is 0 Å². The van der Waals surface area contributed by atoms with E-state index in [0.29, 0.717) is 5.92 Å². The topological polar surface area (TPSA) is 20.2 Å². The monoisotopic (exact) mass is 178 g/mol. The molecule has 0 heterocycles. The second-order valence-corrected chi connectivity index (χ2v) is 3.91. The van der Waals surface area contributed by atoms with Gasteiger partial charge in [-0.15, -0.1) is 0 Å². The molecule has 72 valence electrons. The van der Waals surface area contributed by atoms with Crippen molar-refractivity contribution in [3.05, 3.63) is 36.0 Å². The Morgan fingerprint density at radius 2 is 2.23 bits per heavy atom. The van der Waals surface area contributed by atoms with E-state index < -0.39 is 0 Å². The van der Waals surface area contributed by atoms with E-state index in [1.807, 2.05) is 19.9 Å². The highest BCUT2D eigenvalue weighted by Gasteiger charge is 2.24. The summed E-state index contributed by atoms with van der Waals surface area (Å²) in [5.74, 6) is 0.423. The highest BCUT2D eigenvalue weighted by Crippen LogP contribution is 2.33. The first-order valence-electron chi connectivity index (χ1n) is 4.71. The molecule has 0 unspecified atom stereocenters. The average molecular weight is 178 g/mol. The Labute approximate surface area is 80.5 Å². The highest BCUT2D eigenvalue weighted by molar-refractivity contribution is 5.30. The first kappa shape index (κ1) is 10.3. The smallest absolute Gasteiger partial charge is 0.0758 e. The molecule has 0 saturated carbocycles. The van der Waals surface area contributed by atoms with Crippen LogP contribution in [0.1, 0.15) is 26.7 Å². The molecule has 1 aliphatic rings. The summed E-state index contributed by atoms with van der Waals surface area (Å²) < 4.78 is 0. The van der Waals surface area contributed by atoms with E-state index in [0.717, 1.165) is 24.0 Å². The Bertz CT molecular complexity index is 260. The number of rotatable bonds is 2. The van der Waals surface area contributed by atoms with Gasteiger partial charge in [0.1, 0.15) is 0 Å². The molecule has 1 nitrogen and oxygen atoms in total. The number of aliphatic hydroxyl groups excluding tert-OH is 1. The summed E-state index contributed by atoms with van der Waals surface area (Å²) in [6.07, 6.45) is 3.36. The Hall–Kier alpha value is -0.820. The summed E-state index contributed by atoms with van der Waals surface area (Å²) in [4.78, 5) is 0. The molecular formula is C12H18O. The quantitative estimate of drug-likeness (QED) is 0.645. The van der Waals surface area contributed by atoms with Gasteiger partial charge in [0, 0.05) is 0 Å². The molecule has 0 bridgehead atoms. The number of hydrogen-bond donors (Lipinski definition) is 1. The fourth-order valence-corrected chi connectivity index (χ4v) is 1.79. The second kappa shape index (κ2) is 3.93. The molecule has 1 heteroatoms. The zero-order valence-electron chi connectivity index (χ0n) is 8.51. The Kier molecular flexibility index (Phi) is 3.10. The van der Waals surface area contributed by atoms with E-state index in [4.69, 9.17) is 0 Å². The minimum Gasteiger partial charge on any atom is -0.389 e. The number of allylic oxidation sites excluding steroid dienone is 3. The van der Waals surface area contributed by atoms with Crippen molar-refractivity contribution in [1.29, 1.82) is 0 Å². The van der Waals surface area contributed by atoms with Gasteiger partial charge in [-0.05, 0) is 43.8 Å². The molecule has 1 aliphatic carbocycles. The van der Waals surface area contributed by atoms with Gasteiger partial charge in [-0.25, -0.2) is 0 Å². The van der Waals surface area contributed by atoms with Crippen LogP contribution in [0.5, 0.6) is 0 Å². The third kappa shape index (κ3) is 2.10. The largest absolute Gasteiger partial charge is 0.389 e. The van der Waals surface area contributed by atoms with Crippen molar-refractivity contribution in [2.24, 2.45) is 5.92 Å². The van der Waals surface area contributed by atoms with E-state index in [2.05, 4.69) is 13.2 Å². The normalized spacial score (nSPS) is 28.8. The van der Waals surface area contributed by atoms with Crippen LogP contribution in [-0.2, 0) is 0 Å². The van der Waals surface area contributed by atoms with Gasteiger partial charge in [0.25, 0.3) is 0 Å². The van der Waals surface area contributed by atoms with Gasteiger partial charge >= 0.3 is 0 Å². The van der Waals surface area contributed by atoms with Gasteiger partial charge in [-0.2, -0.15) is 0 Å². The van der Waals surface area contributed by atoms with Crippen LogP contribution in [0.3, 0.4) is 0 Å². The lowest BCUT2D eigenvalue weighted by atomic mass is 9.79. The van der Waals surface area contributed by atoms with E-state index in [-0.39, 0.29) is 6.10 Å². The van der Waals surface area contributed by atoms with E-state index in [9.17, 15) is 5.11 Å². The predicted molar refractivity (Wildman–Crippen MR) is 56.4 cm³/mol. The number of hydrogen-bond acceptors (Lipinski definition) is 1. The fourth-order valence-electron chi connectivity index (χ4n) is 1.79. The molecule has 0 aromatic carbocycles. The van der Waals surface area contributed by atoms with Crippen molar-refractivity contribution >= 4 is 0 Å². The Morgan fingerprint density at radius 1 is 1.62 bits per heavy atom. The summed E-state index contributed by atoms with van der Waals surface area (Å²) in [6.45, 7) is 11.7. The first-order chi connectivity index (χ1) is 6.06. The van der Waals surface area contributed by atoms with Crippen LogP contribution in [0.2, 0.25) is 0 Å². The van der Waals surface area contributed by atoms with E-state index in [1.165, 1.54) is 5.57 Å². The molecule has 0 radical (unpaired) electrons. The van der Waals surface area contributed by atoms with Gasteiger partial charge in [0.05, 0.1) is 6.10 Å². The van der Waals surface area contributed by atoms with Gasteiger partial charge < -0.3 is 5.11 Å². The molecule has 0 aromatic rings. The molecule has 1 N–H and O–H groups in total. The zero-order valence-corrected chi connectivity index (χ0v) is 8.51. The predicted octanol–water partition coefficient (Wildman–Crippen LogP) is 2.84. The van der Waals surface area contributed by atoms with Crippen molar-refractivity contribution in [3.63, 3.8) is 0 Å². The molecule has 0 aliphatic heterocycles. The standard InChI is InChI=1S/C12H18O/c1-5-10-6-11(8(2)3)7-12(13)9(10)4/h5,11-13H,1-2,6-7H2,3-4H3/t11-,12+/m0/s1. The molecule has 0 amide bonds. The van der Waals surface area contributed by atoms with Crippen LogP contribution in [0.25, 0.3) is 0 Å². The van der Waals surface area contributed by atoms with Crippen LogP contribution in [0, 0.1) is 5.92 Å². The molecule has 13 heavy (non-hydrogen) atoms. The van der Waals surface area contributed by atoms with Gasteiger partial charge in [-0.1, -0.05) is 24.8 Å². The summed E-state index contributed by atoms with van der Waals surface area (Å²) >= 11 is 0. The fraction of sp³-hybridized carbons (Fsp3) is 0.500.